The normalized spacial score (nSPS) is 13.9. The Kier molecular flexibility index (Phi) is 7.70. The minimum absolute atomic E-state index is 0.0881. The van der Waals surface area contributed by atoms with E-state index < -0.39 is 35.1 Å². The fraction of sp³-hybridized carbons (Fsp3) is 0.600. The Bertz CT molecular complexity index is 862. The van der Waals surface area contributed by atoms with Crippen LogP contribution in [0.15, 0.2) is 29.2 Å². The molecule has 156 valence electrons. The molecule has 0 N–H and O–H groups in total. The van der Waals surface area contributed by atoms with E-state index in [0.29, 0.717) is 6.42 Å². The van der Waals surface area contributed by atoms with Crippen molar-refractivity contribution in [1.82, 2.24) is 0 Å². The molecular weight excluding hydrogens is 392 g/mol. The average Bonchev–Trinajstić information content (AvgIpc) is 2.53. The topological polar surface area (TPSA) is 96.8 Å². The molecular formula is C20H32N2O4SSi. The highest BCUT2D eigenvalue weighted by Gasteiger charge is 2.46. The fourth-order valence-electron chi connectivity index (χ4n) is 2.37. The van der Waals surface area contributed by atoms with Crippen LogP contribution in [-0.4, -0.2) is 38.5 Å². The maximum Gasteiger partial charge on any atom is 0.454 e. The molecule has 0 saturated heterocycles. The van der Waals surface area contributed by atoms with E-state index in [-0.39, 0.29) is 15.9 Å². The Balaban J connectivity index is 3.35. The van der Waals surface area contributed by atoms with Gasteiger partial charge >= 0.3 is 5.04 Å². The molecule has 0 saturated carbocycles. The number of nitrogens with zero attached hydrogens (tertiary/aromatic N) is 2. The van der Waals surface area contributed by atoms with Crippen LogP contribution in [0, 0.1) is 12.8 Å². The van der Waals surface area contributed by atoms with E-state index in [1.165, 1.54) is 12.1 Å². The number of hydrogen-bond acceptors (Lipinski definition) is 4. The summed E-state index contributed by atoms with van der Waals surface area (Å²) < 4.78 is 32.1. The van der Waals surface area contributed by atoms with Gasteiger partial charge in [0.1, 0.15) is 6.10 Å². The lowest BCUT2D eigenvalue weighted by atomic mass is 10.0. The van der Waals surface area contributed by atoms with E-state index in [9.17, 15) is 18.7 Å². The summed E-state index contributed by atoms with van der Waals surface area (Å²) in [5.74, 6) is -0.706. The zero-order valence-electron chi connectivity index (χ0n) is 18.1. The minimum Gasteiger partial charge on any atom is -0.406 e. The van der Waals surface area contributed by atoms with Crippen LogP contribution in [0.4, 0.5) is 0 Å². The van der Waals surface area contributed by atoms with E-state index in [0.717, 1.165) is 5.56 Å². The van der Waals surface area contributed by atoms with Gasteiger partial charge in [-0.1, -0.05) is 52.3 Å². The van der Waals surface area contributed by atoms with Crippen molar-refractivity contribution in [3.8, 4) is 0 Å². The molecule has 0 aliphatic carbocycles. The molecule has 0 aliphatic rings. The lowest BCUT2D eigenvalue weighted by Gasteiger charge is -2.38. The highest BCUT2D eigenvalue weighted by atomic mass is 32.2. The zero-order chi connectivity index (χ0) is 21.9. The molecule has 0 fully saturated rings. The highest BCUT2D eigenvalue weighted by molar-refractivity contribution is 8.08. The quantitative estimate of drug-likeness (QED) is 0.213. The van der Waals surface area contributed by atoms with Crippen LogP contribution in [0.1, 0.15) is 46.6 Å². The summed E-state index contributed by atoms with van der Waals surface area (Å²) in [7, 11) is -6.61. The fourth-order valence-corrected chi connectivity index (χ4v) is 4.86. The molecule has 28 heavy (non-hydrogen) atoms. The Morgan fingerprint density at radius 3 is 2.07 bits per heavy atom. The predicted octanol–water partition coefficient (Wildman–Crippen LogP) is 4.40. The molecule has 0 radical (unpaired) electrons. The van der Waals surface area contributed by atoms with Crippen molar-refractivity contribution in [3.05, 3.63) is 35.4 Å². The predicted molar refractivity (Wildman–Crippen MR) is 114 cm³/mol. The van der Waals surface area contributed by atoms with Crippen molar-refractivity contribution in [2.75, 3.05) is 0 Å². The van der Waals surface area contributed by atoms with Crippen LogP contribution in [0.25, 0.3) is 5.53 Å². The van der Waals surface area contributed by atoms with E-state index >= 15 is 0 Å². The number of carbonyl (C=O) groups excluding carboxylic acids is 1. The van der Waals surface area contributed by atoms with Crippen LogP contribution in [0.2, 0.25) is 18.1 Å². The molecule has 0 heterocycles. The van der Waals surface area contributed by atoms with E-state index in [1.54, 1.807) is 12.1 Å². The third-order valence-corrected chi connectivity index (χ3v) is 11.3. The van der Waals surface area contributed by atoms with Gasteiger partial charge in [-0.3, -0.25) is 4.79 Å². The number of hydrogen-bond donors (Lipinski definition) is 0. The number of benzene rings is 1. The van der Waals surface area contributed by atoms with Gasteiger partial charge in [0, 0.05) is 0 Å². The second kappa shape index (κ2) is 8.82. The molecule has 8 heteroatoms. The van der Waals surface area contributed by atoms with E-state index in [1.807, 2.05) is 54.6 Å². The van der Waals surface area contributed by atoms with Gasteiger partial charge < -0.3 is 9.96 Å². The second-order valence-electron chi connectivity index (χ2n) is 9.08. The molecule has 0 aliphatic heterocycles. The SMILES string of the molecule is Cc1ccc(S(=O)(=O)C(=[N+]=[N-])C(=O)[C@H](CC(C)C)O[Si](C)(C)C(C)(C)C)cc1. The lowest BCUT2D eigenvalue weighted by Crippen LogP contribution is -2.48. The van der Waals surface area contributed by atoms with Gasteiger partial charge in [0.05, 0.1) is 4.90 Å². The first-order valence-corrected chi connectivity index (χ1v) is 13.8. The van der Waals surface area contributed by atoms with Crippen LogP contribution >= 0.6 is 0 Å². The number of carbonyl (C=O) groups is 1. The van der Waals surface area contributed by atoms with Gasteiger partial charge in [-0.2, -0.15) is 0 Å². The first-order chi connectivity index (χ1) is 12.6. The Labute approximate surface area is 170 Å². The zero-order valence-corrected chi connectivity index (χ0v) is 19.9. The van der Waals surface area contributed by atoms with Gasteiger partial charge in [-0.05, 0) is 49.5 Å². The summed E-state index contributed by atoms with van der Waals surface area (Å²) >= 11 is 0. The molecule has 1 rings (SSSR count). The van der Waals surface area contributed by atoms with Gasteiger partial charge in [0.2, 0.25) is 0 Å². The first-order valence-electron chi connectivity index (χ1n) is 9.39. The summed E-state index contributed by atoms with van der Waals surface area (Å²) in [6.45, 7) is 15.8. The van der Waals surface area contributed by atoms with Crippen LogP contribution in [-0.2, 0) is 19.1 Å². The third kappa shape index (κ3) is 5.70. The van der Waals surface area contributed by atoms with Crippen molar-refractivity contribution < 1.29 is 22.4 Å². The molecule has 1 aromatic carbocycles. The molecule has 0 aromatic heterocycles. The molecule has 1 atom stereocenters. The average molecular weight is 425 g/mol. The Morgan fingerprint density at radius 2 is 1.68 bits per heavy atom. The maximum absolute atomic E-state index is 13.1. The van der Waals surface area contributed by atoms with Crippen LogP contribution < -0.4 is 0 Å². The third-order valence-electron chi connectivity index (χ3n) is 5.11. The summed E-state index contributed by atoms with van der Waals surface area (Å²) in [5, 5.41) is -1.03. The monoisotopic (exact) mass is 424 g/mol. The van der Waals surface area contributed by atoms with Gasteiger partial charge in [0.25, 0.3) is 15.6 Å². The van der Waals surface area contributed by atoms with Crippen molar-refractivity contribution in [2.45, 2.75) is 77.1 Å². The standard InChI is InChI=1S/C20H32N2O4SSi/c1-14(2)13-17(26-28(7,8)20(4,5)6)18(23)19(22-21)27(24,25)16-11-9-15(3)10-12-16/h9-12,14,17H,13H2,1-8H3/t17-/m0/s1. The lowest BCUT2D eigenvalue weighted by molar-refractivity contribution is -0.124. The molecule has 0 spiro atoms. The summed E-state index contributed by atoms with van der Waals surface area (Å²) in [5.41, 5.74) is 10.3. The molecule has 0 amide bonds. The van der Waals surface area contributed by atoms with Crippen molar-refractivity contribution >= 4 is 29.0 Å². The number of rotatable bonds is 7. The van der Waals surface area contributed by atoms with Crippen molar-refractivity contribution in [1.29, 1.82) is 0 Å². The first kappa shape index (κ1) is 24.4. The summed E-state index contributed by atoms with van der Waals surface area (Å²) in [6, 6.07) is 6.05. The minimum atomic E-state index is -4.25. The number of aryl methyl sites for hydroxylation is 1. The number of Topliss-reactive ketones (excluding diaryl/α,β-unsaturated/α-hetero) is 1. The van der Waals surface area contributed by atoms with Crippen LogP contribution in [0.5, 0.6) is 0 Å². The highest BCUT2D eigenvalue weighted by Crippen LogP contribution is 2.38. The van der Waals surface area contributed by atoms with Gasteiger partial charge in [0.15, 0.2) is 8.32 Å². The van der Waals surface area contributed by atoms with Crippen molar-refractivity contribution in [2.24, 2.45) is 5.92 Å². The van der Waals surface area contributed by atoms with E-state index in [4.69, 9.17) is 4.43 Å². The number of ketones is 1. The molecule has 1 aromatic rings. The smallest absolute Gasteiger partial charge is 0.406 e. The van der Waals surface area contributed by atoms with Crippen LogP contribution in [0.3, 0.4) is 0 Å². The Morgan fingerprint density at radius 1 is 1.18 bits per heavy atom. The number of sulfone groups is 1. The molecule has 0 bridgehead atoms. The van der Waals surface area contributed by atoms with Crippen molar-refractivity contribution in [3.63, 3.8) is 0 Å². The van der Waals surface area contributed by atoms with Gasteiger partial charge in [-0.15, -0.1) is 4.79 Å². The van der Waals surface area contributed by atoms with E-state index in [2.05, 4.69) is 4.79 Å². The molecule has 0 unspecified atom stereocenters. The Hall–Kier alpha value is -1.60. The summed E-state index contributed by atoms with van der Waals surface area (Å²) in [6.07, 6.45) is -0.639. The second-order valence-corrected chi connectivity index (χ2v) is 15.7. The summed E-state index contributed by atoms with van der Waals surface area (Å²) in [4.78, 5) is 15.9. The maximum atomic E-state index is 13.1. The largest absolute Gasteiger partial charge is 0.454 e. The van der Waals surface area contributed by atoms with Gasteiger partial charge in [-0.25, -0.2) is 8.42 Å². The molecule has 6 nitrogen and oxygen atoms in total.